The molecule has 1 heterocycles. The first-order valence-corrected chi connectivity index (χ1v) is 15.7. The molecule has 4 unspecified atom stereocenters. The first-order valence-electron chi connectivity index (χ1n) is 15.7. The number of piperidine rings is 1. The van der Waals surface area contributed by atoms with Crippen molar-refractivity contribution in [3.8, 4) is 0 Å². The van der Waals surface area contributed by atoms with Gasteiger partial charge in [-0.2, -0.15) is 0 Å². The van der Waals surface area contributed by atoms with Crippen molar-refractivity contribution in [1.29, 1.82) is 0 Å². The summed E-state index contributed by atoms with van der Waals surface area (Å²) in [4.78, 5) is 28.5. The van der Waals surface area contributed by atoms with Crippen LogP contribution in [-0.2, 0) is 30.2 Å². The average Bonchev–Trinajstić information content (AvgIpc) is 3.41. The number of likely N-dealkylation sites (tertiary alicyclic amines) is 1. The molecule has 5 aliphatic carbocycles. The van der Waals surface area contributed by atoms with Crippen molar-refractivity contribution in [3.05, 3.63) is 35.4 Å². The molecule has 7 bridgehead atoms. The lowest BCUT2D eigenvalue weighted by atomic mass is 9.45. The van der Waals surface area contributed by atoms with Crippen LogP contribution in [0.15, 0.2) is 24.3 Å². The molecule has 7 rings (SSSR count). The van der Waals surface area contributed by atoms with E-state index in [1.54, 1.807) is 39.5 Å². The molecule has 0 radical (unpaired) electrons. The summed E-state index contributed by atoms with van der Waals surface area (Å²) < 4.78 is 25.2. The van der Waals surface area contributed by atoms with Crippen LogP contribution < -0.4 is 0 Å². The number of hydrogen-bond donors (Lipinski definition) is 2. The highest BCUT2D eigenvalue weighted by Gasteiger charge is 2.87. The van der Waals surface area contributed by atoms with Crippen molar-refractivity contribution in [2.75, 3.05) is 34.4 Å². The van der Waals surface area contributed by atoms with Crippen molar-refractivity contribution in [2.45, 2.75) is 87.6 Å². The molecule has 2 N–H and O–H groups in total. The quantitative estimate of drug-likeness (QED) is 0.445. The van der Waals surface area contributed by atoms with Gasteiger partial charge in [-0.1, -0.05) is 25.1 Å². The average molecular weight is 584 g/mol. The van der Waals surface area contributed by atoms with Crippen molar-refractivity contribution in [1.82, 2.24) is 4.90 Å². The molecule has 1 aromatic carbocycles. The molecule has 1 spiro atoms. The molecule has 0 aromatic heterocycles. The number of rotatable bonds is 8. The zero-order valence-corrected chi connectivity index (χ0v) is 25.3. The highest BCUT2D eigenvalue weighted by molar-refractivity contribution is 5.93. The van der Waals surface area contributed by atoms with Crippen LogP contribution in [0, 0.1) is 35.0 Å². The van der Waals surface area contributed by atoms with Crippen LogP contribution in [0.3, 0.4) is 0 Å². The number of methoxy groups -OCH3 is 3. The molecule has 9 nitrogen and oxygen atoms in total. The summed E-state index contributed by atoms with van der Waals surface area (Å²) in [6.07, 6.45) is 1.26. The second-order valence-corrected chi connectivity index (χ2v) is 14.0. The molecule has 5 saturated carbocycles. The number of likely N-dealkylation sites (N-methyl/N-ethyl adjacent to an activating group) is 1. The van der Waals surface area contributed by atoms with E-state index >= 15 is 0 Å². The van der Waals surface area contributed by atoms with E-state index in [1.807, 2.05) is 6.07 Å². The summed E-state index contributed by atoms with van der Waals surface area (Å²) in [7, 11) is 5.19. The molecule has 42 heavy (non-hydrogen) atoms. The van der Waals surface area contributed by atoms with Crippen LogP contribution in [0.5, 0.6) is 0 Å². The lowest BCUT2D eigenvalue weighted by Gasteiger charge is -2.68. The maximum Gasteiger partial charge on any atom is 0.339 e. The first-order chi connectivity index (χ1) is 20.1. The number of carbonyl (C=O) groups excluding carboxylic acids is 2. The van der Waals surface area contributed by atoms with E-state index in [-0.39, 0.29) is 54.3 Å². The van der Waals surface area contributed by atoms with E-state index in [0.717, 1.165) is 6.42 Å². The lowest BCUT2D eigenvalue weighted by molar-refractivity contribution is -0.284. The number of hydrogen-bond acceptors (Lipinski definition) is 9. The fourth-order valence-corrected chi connectivity index (χ4v) is 11.8. The van der Waals surface area contributed by atoms with Gasteiger partial charge in [-0.3, -0.25) is 9.69 Å². The van der Waals surface area contributed by atoms with Crippen LogP contribution in [0.2, 0.25) is 0 Å². The molecule has 13 atom stereocenters. The van der Waals surface area contributed by atoms with Gasteiger partial charge in [0.25, 0.3) is 0 Å². The maximum absolute atomic E-state index is 14.1. The molecule has 1 saturated heterocycles. The largest absolute Gasteiger partial charge is 0.454 e. The Kier molecular flexibility index (Phi) is 6.74. The summed E-state index contributed by atoms with van der Waals surface area (Å²) in [6, 6.07) is 7.03. The Morgan fingerprint density at radius 3 is 2.52 bits per heavy atom. The number of carbonyl (C=O) groups is 2. The van der Waals surface area contributed by atoms with Crippen molar-refractivity contribution >= 4 is 11.8 Å². The highest BCUT2D eigenvalue weighted by atomic mass is 16.6. The first kappa shape index (κ1) is 28.9. The predicted octanol–water partition coefficient (Wildman–Crippen LogP) is 2.25. The molecular formula is C33H45NO8. The van der Waals surface area contributed by atoms with Crippen LogP contribution in [0.1, 0.15) is 55.5 Å². The molecule has 6 aliphatic rings. The van der Waals surface area contributed by atoms with Crippen LogP contribution >= 0.6 is 0 Å². The van der Waals surface area contributed by atoms with Gasteiger partial charge in [0.2, 0.25) is 0 Å². The summed E-state index contributed by atoms with van der Waals surface area (Å²) in [5, 5.41) is 25.3. The van der Waals surface area contributed by atoms with E-state index in [9.17, 15) is 19.8 Å². The van der Waals surface area contributed by atoms with E-state index in [2.05, 4.69) is 11.8 Å². The predicted molar refractivity (Wildman–Crippen MR) is 152 cm³/mol. The van der Waals surface area contributed by atoms with E-state index < -0.39 is 40.5 Å². The number of Topliss-reactive ketones (excluding diaryl/α,β-unsaturated/α-hetero) is 1. The zero-order chi connectivity index (χ0) is 29.8. The summed E-state index contributed by atoms with van der Waals surface area (Å²) in [5.41, 5.74) is -1.65. The third kappa shape index (κ3) is 3.41. The fraction of sp³-hybridized carbons (Fsp3) is 0.758. The van der Waals surface area contributed by atoms with Gasteiger partial charge in [-0.05, 0) is 50.3 Å². The summed E-state index contributed by atoms with van der Waals surface area (Å²) >= 11 is 0. The second-order valence-electron chi connectivity index (χ2n) is 14.0. The van der Waals surface area contributed by atoms with Gasteiger partial charge in [0.1, 0.15) is 11.4 Å². The number of benzene rings is 1. The van der Waals surface area contributed by atoms with Gasteiger partial charge in [0.15, 0.2) is 0 Å². The van der Waals surface area contributed by atoms with Gasteiger partial charge in [-0.25, -0.2) is 4.79 Å². The number of ketones is 1. The minimum atomic E-state index is -1.19. The number of ether oxygens (including phenoxy) is 4. The number of nitrogens with zero attached hydrogens (tertiary/aromatic N) is 1. The SMILES string of the molecule is CCN1C[C@]2(OC(=O)c3ccccc3CC(C)=O)CC[C@H](OC)C34C1C([C@@H](O)[C@@H]32)[C@@]1(O)C[C@H](OC)[C@H]2C[C@@H]4C1[C@H]2OC. The van der Waals surface area contributed by atoms with Crippen molar-refractivity contribution < 1.29 is 38.7 Å². The Labute approximate surface area is 247 Å². The Morgan fingerprint density at radius 1 is 1.10 bits per heavy atom. The van der Waals surface area contributed by atoms with Crippen LogP contribution in [-0.4, -0.2) is 103 Å². The minimum absolute atomic E-state index is 0.00340. The van der Waals surface area contributed by atoms with Crippen LogP contribution in [0.4, 0.5) is 0 Å². The number of aliphatic hydroxyl groups excluding tert-OH is 1. The van der Waals surface area contributed by atoms with Gasteiger partial charge in [0, 0.05) is 75.8 Å². The topological polar surface area (TPSA) is 115 Å². The Morgan fingerprint density at radius 2 is 1.86 bits per heavy atom. The summed E-state index contributed by atoms with van der Waals surface area (Å²) in [6.45, 7) is 4.81. The lowest BCUT2D eigenvalue weighted by Crippen LogP contribution is -2.78. The normalized spacial score (nSPS) is 48.3. The van der Waals surface area contributed by atoms with E-state index in [0.29, 0.717) is 43.5 Å². The van der Waals surface area contributed by atoms with Gasteiger partial charge >= 0.3 is 5.97 Å². The monoisotopic (exact) mass is 583 g/mol. The molecule has 1 aliphatic heterocycles. The molecule has 1 aromatic rings. The molecule has 9 heteroatoms. The van der Waals surface area contributed by atoms with E-state index in [1.165, 1.54) is 6.92 Å². The van der Waals surface area contributed by atoms with Crippen molar-refractivity contribution in [2.24, 2.45) is 35.0 Å². The van der Waals surface area contributed by atoms with Crippen LogP contribution in [0.25, 0.3) is 0 Å². The maximum atomic E-state index is 14.1. The molecule has 0 amide bonds. The number of aliphatic hydroxyl groups is 2. The third-order valence-corrected chi connectivity index (χ3v) is 12.7. The second kappa shape index (κ2) is 9.81. The third-order valence-electron chi connectivity index (χ3n) is 12.7. The van der Waals surface area contributed by atoms with Crippen molar-refractivity contribution in [3.63, 3.8) is 0 Å². The number of fused-ring (bicyclic) bond motifs is 2. The number of esters is 1. The van der Waals surface area contributed by atoms with E-state index in [4.69, 9.17) is 18.9 Å². The Bertz CT molecular complexity index is 1270. The fourth-order valence-electron chi connectivity index (χ4n) is 11.8. The molecule has 6 fully saturated rings. The molecular weight excluding hydrogens is 538 g/mol. The zero-order valence-electron chi connectivity index (χ0n) is 25.3. The van der Waals surface area contributed by atoms with Gasteiger partial charge in [0.05, 0.1) is 35.6 Å². The Balaban J connectivity index is 1.38. The summed E-state index contributed by atoms with van der Waals surface area (Å²) in [5.74, 6) is -1.38. The molecule has 230 valence electrons. The standard InChI is InChI=1S/C33H45NO8/c1-6-34-16-31(42-30(37)19-10-8-7-9-18(19)13-17(2)35)12-11-23(40-4)33-21-14-20-22(39-3)15-32(38,24(21)27(20)41-5)25(29(33)34)26(36)28(31)33/h7-10,20-29,36,38H,6,11-16H2,1-5H3/t20-,21-,22+,23+,24?,25?,26-,27+,28-,29?,31-,32-,33?/m1/s1. The minimum Gasteiger partial charge on any atom is -0.454 e. The smallest absolute Gasteiger partial charge is 0.339 e. The van der Waals surface area contributed by atoms with Gasteiger partial charge in [-0.15, -0.1) is 0 Å². The highest BCUT2D eigenvalue weighted by Crippen LogP contribution is 2.78. The van der Waals surface area contributed by atoms with Gasteiger partial charge < -0.3 is 29.2 Å². The Hall–Kier alpha value is -1.88.